The summed E-state index contributed by atoms with van der Waals surface area (Å²) in [5.74, 6) is -0.300. The minimum Gasteiger partial charge on any atom is -0.388 e. The van der Waals surface area contributed by atoms with Crippen molar-refractivity contribution in [1.29, 1.82) is 0 Å². The number of nitrogens with one attached hydrogen (secondary N) is 1. The zero-order valence-electron chi connectivity index (χ0n) is 11.9. The maximum absolute atomic E-state index is 12.0. The van der Waals surface area contributed by atoms with Crippen molar-refractivity contribution in [2.24, 2.45) is 5.41 Å². The first-order valence-electron chi connectivity index (χ1n) is 6.92. The lowest BCUT2D eigenvalue weighted by molar-refractivity contribution is -0.0233. The molecule has 2 N–H and O–H groups in total. The van der Waals surface area contributed by atoms with Crippen molar-refractivity contribution < 1.29 is 9.90 Å². The predicted molar refractivity (Wildman–Crippen MR) is 78.8 cm³/mol. The van der Waals surface area contributed by atoms with Crippen molar-refractivity contribution in [3.05, 3.63) is 29.0 Å². The van der Waals surface area contributed by atoms with E-state index in [9.17, 15) is 9.90 Å². The van der Waals surface area contributed by atoms with E-state index in [2.05, 4.69) is 24.1 Å². The van der Waals surface area contributed by atoms with Crippen molar-refractivity contribution in [1.82, 2.24) is 10.3 Å². The monoisotopic (exact) mass is 296 g/mol. The highest BCUT2D eigenvalue weighted by Gasteiger charge is 2.36. The van der Waals surface area contributed by atoms with Gasteiger partial charge in [0.2, 0.25) is 0 Å². The van der Waals surface area contributed by atoms with Gasteiger partial charge in [-0.25, -0.2) is 0 Å². The molecule has 1 saturated carbocycles. The van der Waals surface area contributed by atoms with Crippen LogP contribution in [0.4, 0.5) is 0 Å². The van der Waals surface area contributed by atoms with Crippen LogP contribution in [0.15, 0.2) is 18.3 Å². The SMILES string of the molecule is CC1(C)CCC(O)(CNC(=O)c2cc(Cl)ccn2)CC1. The number of hydrogen-bond donors (Lipinski definition) is 2. The van der Waals surface area contributed by atoms with Crippen LogP contribution in [-0.4, -0.2) is 28.1 Å². The Balaban J connectivity index is 1.90. The quantitative estimate of drug-likeness (QED) is 0.901. The van der Waals surface area contributed by atoms with E-state index in [-0.39, 0.29) is 23.6 Å². The molecule has 1 amide bonds. The molecule has 1 aromatic rings. The maximum atomic E-state index is 12.0. The summed E-state index contributed by atoms with van der Waals surface area (Å²) >= 11 is 5.83. The van der Waals surface area contributed by atoms with Gasteiger partial charge in [-0.2, -0.15) is 0 Å². The molecule has 0 radical (unpaired) electrons. The van der Waals surface area contributed by atoms with Gasteiger partial charge < -0.3 is 10.4 Å². The maximum Gasteiger partial charge on any atom is 0.270 e. The van der Waals surface area contributed by atoms with E-state index in [4.69, 9.17) is 11.6 Å². The first-order valence-corrected chi connectivity index (χ1v) is 7.30. The highest BCUT2D eigenvalue weighted by Crippen LogP contribution is 2.39. The number of amides is 1. The summed E-state index contributed by atoms with van der Waals surface area (Å²) in [5, 5.41) is 13.7. The summed E-state index contributed by atoms with van der Waals surface area (Å²) in [6, 6.07) is 3.14. The van der Waals surface area contributed by atoms with Crippen LogP contribution < -0.4 is 5.32 Å². The lowest BCUT2D eigenvalue weighted by Crippen LogP contribution is -2.46. The number of rotatable bonds is 3. The highest BCUT2D eigenvalue weighted by atomic mass is 35.5. The molecule has 1 aromatic heterocycles. The molecular formula is C15H21ClN2O2. The molecule has 5 heteroatoms. The second kappa shape index (κ2) is 5.70. The molecule has 20 heavy (non-hydrogen) atoms. The van der Waals surface area contributed by atoms with Gasteiger partial charge in [0.1, 0.15) is 5.69 Å². The van der Waals surface area contributed by atoms with Crippen LogP contribution in [0.25, 0.3) is 0 Å². The van der Waals surface area contributed by atoms with E-state index in [1.807, 2.05) is 0 Å². The number of aliphatic hydroxyl groups is 1. The third-order valence-electron chi connectivity index (χ3n) is 4.07. The van der Waals surface area contributed by atoms with Gasteiger partial charge in [-0.1, -0.05) is 25.4 Å². The number of halogens is 1. The first kappa shape index (κ1) is 15.3. The van der Waals surface area contributed by atoms with Crippen LogP contribution >= 0.6 is 11.6 Å². The summed E-state index contributed by atoms with van der Waals surface area (Å²) in [4.78, 5) is 15.9. The zero-order valence-corrected chi connectivity index (χ0v) is 12.7. The second-order valence-corrected chi connectivity index (χ2v) is 6.87. The molecule has 2 rings (SSSR count). The Morgan fingerprint density at radius 1 is 1.40 bits per heavy atom. The highest BCUT2D eigenvalue weighted by molar-refractivity contribution is 6.30. The molecular weight excluding hydrogens is 276 g/mol. The molecule has 1 aliphatic carbocycles. The van der Waals surface area contributed by atoms with Gasteiger partial charge >= 0.3 is 0 Å². The Bertz CT molecular complexity index is 492. The molecule has 0 saturated heterocycles. The lowest BCUT2D eigenvalue weighted by atomic mass is 9.71. The third-order valence-corrected chi connectivity index (χ3v) is 4.30. The second-order valence-electron chi connectivity index (χ2n) is 6.43. The van der Waals surface area contributed by atoms with E-state index in [0.29, 0.717) is 17.9 Å². The average molecular weight is 297 g/mol. The lowest BCUT2D eigenvalue weighted by Gasteiger charge is -2.40. The molecule has 0 atom stereocenters. The fourth-order valence-electron chi connectivity index (χ4n) is 2.43. The molecule has 110 valence electrons. The fourth-order valence-corrected chi connectivity index (χ4v) is 2.59. The smallest absolute Gasteiger partial charge is 0.270 e. The Morgan fingerprint density at radius 3 is 2.65 bits per heavy atom. The summed E-state index contributed by atoms with van der Waals surface area (Å²) in [7, 11) is 0. The summed E-state index contributed by atoms with van der Waals surface area (Å²) in [6.45, 7) is 4.68. The van der Waals surface area contributed by atoms with Gasteiger partial charge in [0.15, 0.2) is 0 Å². The van der Waals surface area contributed by atoms with Crippen molar-refractivity contribution in [3.63, 3.8) is 0 Å². The molecule has 0 aromatic carbocycles. The number of carbonyl (C=O) groups excluding carboxylic acids is 1. The Labute approximate surface area is 124 Å². The largest absolute Gasteiger partial charge is 0.388 e. The normalized spacial score (nSPS) is 20.4. The predicted octanol–water partition coefficient (Wildman–Crippen LogP) is 2.80. The van der Waals surface area contributed by atoms with Crippen LogP contribution in [0, 0.1) is 5.41 Å². The number of pyridine rings is 1. The summed E-state index contributed by atoms with van der Waals surface area (Å²) in [5.41, 5.74) is -0.244. The van der Waals surface area contributed by atoms with E-state index in [1.54, 1.807) is 6.07 Å². The van der Waals surface area contributed by atoms with Gasteiger partial charge in [0.05, 0.1) is 5.60 Å². The summed E-state index contributed by atoms with van der Waals surface area (Å²) < 4.78 is 0. The topological polar surface area (TPSA) is 62.2 Å². The van der Waals surface area contributed by atoms with Gasteiger partial charge in [-0.3, -0.25) is 9.78 Å². The number of nitrogens with zero attached hydrogens (tertiary/aromatic N) is 1. The van der Waals surface area contributed by atoms with Gasteiger partial charge in [0, 0.05) is 17.8 Å². The van der Waals surface area contributed by atoms with Crippen molar-refractivity contribution in [3.8, 4) is 0 Å². The molecule has 0 bridgehead atoms. The number of hydrogen-bond acceptors (Lipinski definition) is 3. The van der Waals surface area contributed by atoms with E-state index < -0.39 is 5.60 Å². The molecule has 0 spiro atoms. The van der Waals surface area contributed by atoms with Gasteiger partial charge in [0.25, 0.3) is 5.91 Å². The molecule has 0 aliphatic heterocycles. The third kappa shape index (κ3) is 3.93. The first-order chi connectivity index (χ1) is 9.30. The van der Waals surface area contributed by atoms with Crippen LogP contribution in [0.3, 0.4) is 0 Å². The molecule has 1 fully saturated rings. The van der Waals surface area contributed by atoms with Gasteiger partial charge in [-0.05, 0) is 43.2 Å². The van der Waals surface area contributed by atoms with Crippen LogP contribution in [0.2, 0.25) is 5.02 Å². The fraction of sp³-hybridized carbons (Fsp3) is 0.600. The Kier molecular flexibility index (Phi) is 4.35. The molecule has 4 nitrogen and oxygen atoms in total. The minimum absolute atomic E-state index is 0.260. The van der Waals surface area contributed by atoms with E-state index >= 15 is 0 Å². The van der Waals surface area contributed by atoms with Crippen molar-refractivity contribution >= 4 is 17.5 Å². The molecule has 1 aliphatic rings. The van der Waals surface area contributed by atoms with Gasteiger partial charge in [-0.15, -0.1) is 0 Å². The number of carbonyl (C=O) groups is 1. The zero-order chi connectivity index (χ0) is 14.8. The number of aromatic nitrogens is 1. The summed E-state index contributed by atoms with van der Waals surface area (Å²) in [6.07, 6.45) is 4.85. The Morgan fingerprint density at radius 2 is 2.05 bits per heavy atom. The van der Waals surface area contributed by atoms with Crippen LogP contribution in [-0.2, 0) is 0 Å². The molecule has 1 heterocycles. The minimum atomic E-state index is -0.802. The van der Waals surface area contributed by atoms with Crippen molar-refractivity contribution in [2.45, 2.75) is 45.1 Å². The van der Waals surface area contributed by atoms with Crippen LogP contribution in [0.5, 0.6) is 0 Å². The average Bonchev–Trinajstić information content (AvgIpc) is 2.40. The van der Waals surface area contributed by atoms with E-state index in [1.165, 1.54) is 12.3 Å². The van der Waals surface area contributed by atoms with E-state index in [0.717, 1.165) is 12.8 Å². The molecule has 0 unspecified atom stereocenters. The van der Waals surface area contributed by atoms with Crippen LogP contribution in [0.1, 0.15) is 50.0 Å². The van der Waals surface area contributed by atoms with Crippen molar-refractivity contribution in [2.75, 3.05) is 6.54 Å². The standard InChI is InChI=1S/C15H21ClN2O2/c1-14(2)4-6-15(20,7-5-14)10-18-13(19)12-9-11(16)3-8-17-12/h3,8-9,20H,4-7,10H2,1-2H3,(H,18,19). The Hall–Kier alpha value is -1.13.